The Morgan fingerprint density at radius 1 is 1.00 bits per heavy atom. The first-order valence-corrected chi connectivity index (χ1v) is 7.84. The number of ether oxygens (including phenoxy) is 2. The Labute approximate surface area is 147 Å². The molecule has 0 bridgehead atoms. The minimum Gasteiger partial charge on any atom is -0.497 e. The first kappa shape index (κ1) is 17.0. The van der Waals surface area contributed by atoms with Crippen LogP contribution in [0.5, 0.6) is 11.5 Å². The van der Waals surface area contributed by atoms with Crippen LogP contribution in [0.4, 0.5) is 5.95 Å². The third-order valence-electron chi connectivity index (χ3n) is 3.89. The Balaban J connectivity index is 2.32. The number of fused-ring (bicyclic) bond motifs is 1. The van der Waals surface area contributed by atoms with Gasteiger partial charge < -0.3 is 15.2 Å². The SMILES string of the molecule is [CH2]C(C)(C)c1nc2nc(N)ncc2cc1-c1cc(OC)cc(OC)c1. The number of pyridine rings is 1. The van der Waals surface area contributed by atoms with E-state index in [1.54, 1.807) is 20.4 Å². The molecule has 1 radical (unpaired) electrons. The third kappa shape index (κ3) is 3.33. The Hall–Kier alpha value is -2.89. The predicted octanol–water partition coefficient (Wildman–Crippen LogP) is 3.40. The molecule has 1 aromatic carbocycles. The molecule has 6 nitrogen and oxygen atoms in total. The average Bonchev–Trinajstić information content (AvgIpc) is 2.59. The van der Waals surface area contributed by atoms with Gasteiger partial charge in [-0.2, -0.15) is 4.98 Å². The minimum atomic E-state index is -0.431. The summed E-state index contributed by atoms with van der Waals surface area (Å²) in [5.41, 5.74) is 8.49. The quantitative estimate of drug-likeness (QED) is 0.785. The van der Waals surface area contributed by atoms with Crippen LogP contribution in [-0.2, 0) is 5.41 Å². The van der Waals surface area contributed by atoms with E-state index in [0.717, 1.165) is 22.2 Å². The zero-order valence-electron chi connectivity index (χ0n) is 14.8. The van der Waals surface area contributed by atoms with E-state index in [1.807, 2.05) is 38.1 Å². The average molecular weight is 337 g/mol. The highest BCUT2D eigenvalue weighted by molar-refractivity contribution is 5.83. The Morgan fingerprint density at radius 3 is 2.20 bits per heavy atom. The Bertz CT molecular complexity index is 910. The lowest BCUT2D eigenvalue weighted by Gasteiger charge is -2.22. The molecule has 0 saturated carbocycles. The highest BCUT2D eigenvalue weighted by Gasteiger charge is 2.23. The fourth-order valence-electron chi connectivity index (χ4n) is 2.68. The largest absolute Gasteiger partial charge is 0.497 e. The van der Waals surface area contributed by atoms with Gasteiger partial charge >= 0.3 is 0 Å². The van der Waals surface area contributed by atoms with E-state index < -0.39 is 5.41 Å². The highest BCUT2D eigenvalue weighted by atomic mass is 16.5. The molecule has 2 heterocycles. The van der Waals surface area contributed by atoms with E-state index in [9.17, 15) is 0 Å². The molecule has 0 aliphatic rings. The first-order chi connectivity index (χ1) is 11.8. The summed E-state index contributed by atoms with van der Waals surface area (Å²) in [7, 11) is 3.25. The summed E-state index contributed by atoms with van der Waals surface area (Å²) in [5.74, 6) is 1.61. The van der Waals surface area contributed by atoms with Gasteiger partial charge in [0.05, 0.1) is 19.9 Å². The van der Waals surface area contributed by atoms with Crippen molar-refractivity contribution in [2.24, 2.45) is 0 Å². The van der Waals surface area contributed by atoms with E-state index in [1.165, 1.54) is 0 Å². The second-order valence-corrected chi connectivity index (χ2v) is 6.51. The Morgan fingerprint density at radius 2 is 1.64 bits per heavy atom. The van der Waals surface area contributed by atoms with Crippen molar-refractivity contribution < 1.29 is 9.47 Å². The molecule has 0 fully saturated rings. The second kappa shape index (κ2) is 6.20. The van der Waals surface area contributed by atoms with Crippen LogP contribution >= 0.6 is 0 Å². The molecule has 129 valence electrons. The van der Waals surface area contributed by atoms with Crippen LogP contribution in [0, 0.1) is 6.92 Å². The van der Waals surface area contributed by atoms with Crippen molar-refractivity contribution in [3.05, 3.63) is 43.1 Å². The molecule has 2 aromatic heterocycles. The van der Waals surface area contributed by atoms with Crippen LogP contribution in [0.2, 0.25) is 0 Å². The molecule has 0 aliphatic heterocycles. The van der Waals surface area contributed by atoms with Gasteiger partial charge in [0, 0.05) is 28.6 Å². The van der Waals surface area contributed by atoms with Gasteiger partial charge in [0.25, 0.3) is 0 Å². The maximum atomic E-state index is 5.70. The van der Waals surface area contributed by atoms with Gasteiger partial charge in [-0.15, -0.1) is 0 Å². The number of nitrogens with zero attached hydrogens (tertiary/aromatic N) is 3. The zero-order valence-corrected chi connectivity index (χ0v) is 14.8. The van der Waals surface area contributed by atoms with Gasteiger partial charge in [-0.1, -0.05) is 13.8 Å². The molecule has 0 unspecified atom stereocenters. The molecule has 3 aromatic rings. The number of nitrogens with two attached hydrogens (primary N) is 1. The molecule has 0 aliphatic carbocycles. The number of hydrogen-bond acceptors (Lipinski definition) is 6. The standard InChI is InChI=1S/C19H21N4O2/c1-19(2,3)16-15(8-12-10-21-18(20)23-17(12)22-16)11-6-13(24-4)9-14(7-11)25-5/h6-10H,1H2,2-5H3,(H2,20,21,22,23). The van der Waals surface area contributed by atoms with Gasteiger partial charge in [-0.05, 0) is 30.7 Å². The van der Waals surface area contributed by atoms with Crippen molar-refractivity contribution >= 4 is 17.0 Å². The van der Waals surface area contributed by atoms with E-state index in [2.05, 4.69) is 16.9 Å². The smallest absolute Gasteiger partial charge is 0.222 e. The van der Waals surface area contributed by atoms with Crippen molar-refractivity contribution in [3.8, 4) is 22.6 Å². The van der Waals surface area contributed by atoms with Gasteiger partial charge in [0.1, 0.15) is 11.5 Å². The lowest BCUT2D eigenvalue weighted by atomic mass is 9.85. The molecule has 3 rings (SSSR count). The normalized spacial score (nSPS) is 11.6. The topological polar surface area (TPSA) is 83.2 Å². The van der Waals surface area contributed by atoms with Gasteiger partial charge in [0.15, 0.2) is 5.65 Å². The number of hydrogen-bond donors (Lipinski definition) is 1. The van der Waals surface area contributed by atoms with Crippen molar-refractivity contribution in [3.63, 3.8) is 0 Å². The fourth-order valence-corrected chi connectivity index (χ4v) is 2.68. The van der Waals surface area contributed by atoms with Crippen molar-refractivity contribution in [2.75, 3.05) is 20.0 Å². The maximum Gasteiger partial charge on any atom is 0.222 e. The molecule has 25 heavy (non-hydrogen) atoms. The number of anilines is 1. The predicted molar refractivity (Wildman–Crippen MR) is 98.7 cm³/mol. The summed E-state index contributed by atoms with van der Waals surface area (Å²) in [6.07, 6.45) is 1.67. The summed E-state index contributed by atoms with van der Waals surface area (Å²) in [5, 5.41) is 0.805. The summed E-state index contributed by atoms with van der Waals surface area (Å²) in [4.78, 5) is 13.0. The summed E-state index contributed by atoms with van der Waals surface area (Å²) >= 11 is 0. The highest BCUT2D eigenvalue weighted by Crippen LogP contribution is 2.36. The molecule has 0 atom stereocenters. The first-order valence-electron chi connectivity index (χ1n) is 7.84. The van der Waals surface area contributed by atoms with E-state index in [4.69, 9.17) is 20.2 Å². The van der Waals surface area contributed by atoms with Gasteiger partial charge in [-0.3, -0.25) is 0 Å². The van der Waals surface area contributed by atoms with Gasteiger partial charge in [-0.25, -0.2) is 9.97 Å². The van der Waals surface area contributed by atoms with Crippen LogP contribution in [0.3, 0.4) is 0 Å². The number of benzene rings is 1. The van der Waals surface area contributed by atoms with Crippen LogP contribution in [0.25, 0.3) is 22.2 Å². The molecule has 2 N–H and O–H groups in total. The summed E-state index contributed by atoms with van der Waals surface area (Å²) < 4.78 is 10.8. The Kier molecular flexibility index (Phi) is 4.20. The van der Waals surface area contributed by atoms with Crippen molar-refractivity contribution in [1.29, 1.82) is 0 Å². The lowest BCUT2D eigenvalue weighted by Crippen LogP contribution is -2.16. The number of nitrogen functional groups attached to an aromatic ring is 1. The van der Waals surface area contributed by atoms with Crippen molar-refractivity contribution in [1.82, 2.24) is 15.0 Å². The van der Waals surface area contributed by atoms with Crippen LogP contribution in [-0.4, -0.2) is 29.2 Å². The van der Waals surface area contributed by atoms with E-state index in [-0.39, 0.29) is 5.95 Å². The zero-order chi connectivity index (χ0) is 18.2. The monoisotopic (exact) mass is 337 g/mol. The van der Waals surface area contributed by atoms with E-state index in [0.29, 0.717) is 17.1 Å². The second-order valence-electron chi connectivity index (χ2n) is 6.51. The number of methoxy groups -OCH3 is 2. The third-order valence-corrected chi connectivity index (χ3v) is 3.89. The van der Waals surface area contributed by atoms with E-state index >= 15 is 0 Å². The lowest BCUT2D eigenvalue weighted by molar-refractivity contribution is 0.394. The number of aromatic nitrogens is 3. The molecule has 0 spiro atoms. The molecule has 0 saturated heterocycles. The molecule has 6 heteroatoms. The van der Waals surface area contributed by atoms with Crippen LogP contribution < -0.4 is 15.2 Å². The minimum absolute atomic E-state index is 0.198. The maximum absolute atomic E-state index is 5.70. The number of rotatable bonds is 4. The molecule has 0 amide bonds. The van der Waals surface area contributed by atoms with Gasteiger partial charge in [0.2, 0.25) is 5.95 Å². The molecular formula is C19H21N4O2. The summed E-state index contributed by atoms with van der Waals surface area (Å²) in [6, 6.07) is 7.71. The fraction of sp³-hybridized carbons (Fsp3) is 0.263. The van der Waals surface area contributed by atoms with Crippen LogP contribution in [0.15, 0.2) is 30.5 Å². The summed E-state index contributed by atoms with van der Waals surface area (Å²) in [6.45, 7) is 8.25. The van der Waals surface area contributed by atoms with Crippen molar-refractivity contribution in [2.45, 2.75) is 19.3 Å². The van der Waals surface area contributed by atoms with Crippen LogP contribution in [0.1, 0.15) is 19.5 Å². The molecular weight excluding hydrogens is 316 g/mol.